The molecule has 0 atom stereocenters. The number of anilines is 1. The van der Waals surface area contributed by atoms with Crippen molar-refractivity contribution in [1.82, 2.24) is 5.32 Å². The highest BCUT2D eigenvalue weighted by Crippen LogP contribution is 2.23. The first-order chi connectivity index (χ1) is 11.1. The lowest BCUT2D eigenvalue weighted by Crippen LogP contribution is -2.30. The average Bonchev–Trinajstić information content (AvgIpc) is 2.57. The fraction of sp³-hybridized carbons (Fsp3) is 0.176. The van der Waals surface area contributed by atoms with E-state index in [4.69, 9.17) is 28.6 Å². The summed E-state index contributed by atoms with van der Waals surface area (Å²) in [5, 5.41) is 7.04. The van der Waals surface area contributed by atoms with Crippen molar-refractivity contribution in [2.45, 2.75) is 6.42 Å². The van der Waals surface area contributed by atoms with Crippen LogP contribution < -0.4 is 10.6 Å². The molecule has 0 aliphatic heterocycles. The summed E-state index contributed by atoms with van der Waals surface area (Å²) in [6.45, 7) is 0.699. The molecule has 2 aromatic rings. The number of carbonyl (C=O) groups excluding carboxylic acids is 1. The van der Waals surface area contributed by atoms with Crippen LogP contribution >= 0.6 is 23.8 Å². The molecule has 0 fully saturated rings. The third kappa shape index (κ3) is 5.23. The molecule has 0 bridgehead atoms. The predicted molar refractivity (Wildman–Crippen MR) is 97.2 cm³/mol. The number of methoxy groups -OCH3 is 1. The lowest BCUT2D eigenvalue weighted by atomic mass is 10.1. The van der Waals surface area contributed by atoms with E-state index >= 15 is 0 Å². The lowest BCUT2D eigenvalue weighted by molar-refractivity contribution is 0.0601. The highest BCUT2D eigenvalue weighted by Gasteiger charge is 2.09. The van der Waals surface area contributed by atoms with Gasteiger partial charge in [0.15, 0.2) is 5.11 Å². The van der Waals surface area contributed by atoms with Crippen LogP contribution in [-0.4, -0.2) is 24.7 Å². The Morgan fingerprint density at radius 3 is 2.65 bits per heavy atom. The zero-order valence-corrected chi connectivity index (χ0v) is 14.2. The fourth-order valence-corrected chi connectivity index (χ4v) is 2.37. The minimum atomic E-state index is -0.423. The molecule has 0 aliphatic carbocycles. The Balaban J connectivity index is 1.91. The zero-order chi connectivity index (χ0) is 16.7. The molecule has 0 radical (unpaired) electrons. The van der Waals surface area contributed by atoms with Crippen LogP contribution in [0.4, 0.5) is 5.69 Å². The van der Waals surface area contributed by atoms with Gasteiger partial charge in [-0.05, 0) is 42.4 Å². The van der Waals surface area contributed by atoms with E-state index in [9.17, 15) is 4.79 Å². The number of rotatable bonds is 5. The Morgan fingerprint density at radius 1 is 1.22 bits per heavy atom. The molecule has 2 N–H and O–H groups in total. The molecule has 4 nitrogen and oxygen atoms in total. The first-order valence-corrected chi connectivity index (χ1v) is 7.85. The number of carbonyl (C=O) groups is 1. The van der Waals surface area contributed by atoms with Gasteiger partial charge in [-0.25, -0.2) is 4.79 Å². The first-order valence-electron chi connectivity index (χ1n) is 7.07. The van der Waals surface area contributed by atoms with Gasteiger partial charge in [-0.1, -0.05) is 41.9 Å². The molecular weight excluding hydrogens is 332 g/mol. The molecule has 0 unspecified atom stereocenters. The van der Waals surface area contributed by atoms with Gasteiger partial charge in [-0.3, -0.25) is 0 Å². The van der Waals surface area contributed by atoms with Crippen molar-refractivity contribution in [3.8, 4) is 0 Å². The number of ether oxygens (including phenoxy) is 1. The van der Waals surface area contributed by atoms with Gasteiger partial charge >= 0.3 is 5.97 Å². The van der Waals surface area contributed by atoms with Gasteiger partial charge in [0.1, 0.15) is 0 Å². The van der Waals surface area contributed by atoms with Crippen LogP contribution in [0.15, 0.2) is 48.5 Å². The van der Waals surface area contributed by atoms with Gasteiger partial charge < -0.3 is 15.4 Å². The van der Waals surface area contributed by atoms with Crippen molar-refractivity contribution in [1.29, 1.82) is 0 Å². The molecule has 23 heavy (non-hydrogen) atoms. The summed E-state index contributed by atoms with van der Waals surface area (Å²) in [6, 6.07) is 15.0. The Bertz CT molecular complexity index is 692. The molecule has 0 saturated carbocycles. The van der Waals surface area contributed by atoms with Crippen LogP contribution in [0.1, 0.15) is 15.9 Å². The molecule has 0 aliphatic rings. The molecular formula is C17H17ClN2O2S. The summed E-state index contributed by atoms with van der Waals surface area (Å²) < 4.78 is 4.69. The van der Waals surface area contributed by atoms with Crippen LogP contribution in [0.3, 0.4) is 0 Å². The van der Waals surface area contributed by atoms with Crippen LogP contribution in [0.2, 0.25) is 5.02 Å². The van der Waals surface area contributed by atoms with Gasteiger partial charge in [0.25, 0.3) is 0 Å². The summed E-state index contributed by atoms with van der Waals surface area (Å²) in [5.41, 5.74) is 2.20. The van der Waals surface area contributed by atoms with Crippen LogP contribution in [0.5, 0.6) is 0 Å². The molecule has 6 heteroatoms. The van der Waals surface area contributed by atoms with E-state index < -0.39 is 5.97 Å². The maximum atomic E-state index is 11.6. The molecule has 0 aromatic heterocycles. The predicted octanol–water partition coefficient (Wildman–Crippen LogP) is 3.66. The van der Waals surface area contributed by atoms with Gasteiger partial charge in [0.2, 0.25) is 0 Å². The largest absolute Gasteiger partial charge is 0.465 e. The van der Waals surface area contributed by atoms with E-state index in [-0.39, 0.29) is 0 Å². The highest BCUT2D eigenvalue weighted by molar-refractivity contribution is 7.80. The smallest absolute Gasteiger partial charge is 0.337 e. The highest BCUT2D eigenvalue weighted by atomic mass is 35.5. The van der Waals surface area contributed by atoms with Crippen molar-refractivity contribution in [2.24, 2.45) is 0 Å². The molecule has 120 valence electrons. The lowest BCUT2D eigenvalue weighted by Gasteiger charge is -2.12. The van der Waals surface area contributed by atoms with E-state index in [0.29, 0.717) is 27.9 Å². The van der Waals surface area contributed by atoms with Crippen LogP contribution in [-0.2, 0) is 11.2 Å². The van der Waals surface area contributed by atoms with Crippen molar-refractivity contribution in [3.63, 3.8) is 0 Å². The second kappa shape index (κ2) is 8.50. The number of nitrogens with one attached hydrogen (secondary N) is 2. The maximum absolute atomic E-state index is 11.6. The Labute approximate surface area is 145 Å². The summed E-state index contributed by atoms with van der Waals surface area (Å²) in [7, 11) is 1.33. The van der Waals surface area contributed by atoms with Gasteiger partial charge in [0, 0.05) is 6.54 Å². The minimum Gasteiger partial charge on any atom is -0.465 e. The second-order valence-corrected chi connectivity index (χ2v) is 5.62. The fourth-order valence-electron chi connectivity index (χ4n) is 2.00. The minimum absolute atomic E-state index is 0.409. The summed E-state index contributed by atoms with van der Waals surface area (Å²) >= 11 is 11.4. The van der Waals surface area contributed by atoms with Crippen molar-refractivity contribution in [2.75, 3.05) is 19.0 Å². The van der Waals surface area contributed by atoms with E-state index in [1.807, 2.05) is 18.2 Å². The first kappa shape index (κ1) is 17.2. The number of esters is 1. The number of hydrogen-bond acceptors (Lipinski definition) is 3. The molecule has 0 amide bonds. The Kier molecular flexibility index (Phi) is 6.38. The van der Waals surface area contributed by atoms with Crippen LogP contribution in [0.25, 0.3) is 0 Å². The summed E-state index contributed by atoms with van der Waals surface area (Å²) in [6.07, 6.45) is 0.860. The quantitative estimate of drug-likeness (QED) is 0.638. The molecule has 0 spiro atoms. The molecule has 2 aromatic carbocycles. The normalized spacial score (nSPS) is 10.0. The van der Waals surface area contributed by atoms with Gasteiger partial charge in [0.05, 0.1) is 23.4 Å². The van der Waals surface area contributed by atoms with E-state index in [1.54, 1.807) is 18.2 Å². The molecule has 0 heterocycles. The number of benzene rings is 2. The number of hydrogen-bond donors (Lipinski definition) is 2. The molecule has 2 rings (SSSR count). The third-order valence-electron chi connectivity index (χ3n) is 3.18. The monoisotopic (exact) mass is 348 g/mol. The van der Waals surface area contributed by atoms with Crippen molar-refractivity contribution < 1.29 is 9.53 Å². The second-order valence-electron chi connectivity index (χ2n) is 4.80. The topological polar surface area (TPSA) is 50.4 Å². The van der Waals surface area contributed by atoms with Crippen LogP contribution in [0, 0.1) is 0 Å². The van der Waals surface area contributed by atoms with Crippen molar-refractivity contribution in [3.05, 3.63) is 64.7 Å². The third-order valence-corrected chi connectivity index (χ3v) is 3.75. The average molecular weight is 349 g/mol. The Morgan fingerprint density at radius 2 is 1.96 bits per heavy atom. The zero-order valence-electron chi connectivity index (χ0n) is 12.6. The maximum Gasteiger partial charge on any atom is 0.337 e. The Hall–Kier alpha value is -2.11. The molecule has 0 saturated heterocycles. The van der Waals surface area contributed by atoms with E-state index in [0.717, 1.165) is 6.42 Å². The van der Waals surface area contributed by atoms with Crippen molar-refractivity contribution >= 4 is 40.6 Å². The van der Waals surface area contributed by atoms with Gasteiger partial charge in [-0.2, -0.15) is 0 Å². The SMILES string of the molecule is COC(=O)c1ccc(Cl)c(NC(=S)NCCc2ccccc2)c1. The van der Waals surface area contributed by atoms with Gasteiger partial charge in [-0.15, -0.1) is 0 Å². The van der Waals surface area contributed by atoms with E-state index in [2.05, 4.69) is 22.8 Å². The number of halogens is 1. The number of thiocarbonyl (C=S) groups is 1. The summed E-state index contributed by atoms with van der Waals surface area (Å²) in [5.74, 6) is -0.423. The van der Waals surface area contributed by atoms with E-state index in [1.165, 1.54) is 12.7 Å². The standard InChI is InChI=1S/C17H17ClN2O2S/c1-22-16(21)13-7-8-14(18)15(11-13)20-17(23)19-10-9-12-5-3-2-4-6-12/h2-8,11H,9-10H2,1H3,(H2,19,20,23). The summed E-state index contributed by atoms with van der Waals surface area (Å²) in [4.78, 5) is 11.6.